The quantitative estimate of drug-likeness (QED) is 0.669. The number of carbonyl (C=O) groups excluding carboxylic acids is 4. The van der Waals surface area contributed by atoms with Gasteiger partial charge < -0.3 is 15.0 Å². The van der Waals surface area contributed by atoms with Crippen LogP contribution in [0.25, 0.3) is 0 Å². The highest BCUT2D eigenvalue weighted by molar-refractivity contribution is 6.05. The summed E-state index contributed by atoms with van der Waals surface area (Å²) in [6.45, 7) is 0.387. The van der Waals surface area contributed by atoms with Crippen molar-refractivity contribution in [3.05, 3.63) is 70.8 Å². The van der Waals surface area contributed by atoms with Crippen molar-refractivity contribution in [1.29, 1.82) is 0 Å². The Kier molecular flexibility index (Phi) is 4.56. The highest BCUT2D eigenvalue weighted by Gasteiger charge is 2.69. The van der Waals surface area contributed by atoms with Gasteiger partial charge in [-0.3, -0.25) is 19.7 Å². The lowest BCUT2D eigenvalue weighted by atomic mass is 9.37. The molecule has 2 heterocycles. The molecule has 174 valence electrons. The van der Waals surface area contributed by atoms with Crippen LogP contribution < -0.4 is 10.6 Å². The molecule has 1 saturated heterocycles. The summed E-state index contributed by atoms with van der Waals surface area (Å²) in [6.07, 6.45) is 2.90. The molecule has 2 aromatic carbocycles. The lowest BCUT2D eigenvalue weighted by molar-refractivity contribution is -0.136. The molecule has 34 heavy (non-hydrogen) atoms. The molecule has 0 radical (unpaired) electrons. The fraction of sp³-hybridized carbons (Fsp3) is 0.385. The van der Waals surface area contributed by atoms with Crippen LogP contribution in [0.15, 0.2) is 48.5 Å². The minimum atomic E-state index is -0.643. The molecule has 0 aromatic heterocycles. The topological polar surface area (TPSA) is 105 Å². The van der Waals surface area contributed by atoms with Crippen LogP contribution >= 0.6 is 0 Å². The lowest BCUT2D eigenvalue weighted by Crippen LogP contribution is -2.76. The van der Waals surface area contributed by atoms with Crippen molar-refractivity contribution in [2.24, 2.45) is 0 Å². The van der Waals surface area contributed by atoms with Gasteiger partial charge in [-0.25, -0.2) is 4.79 Å². The third kappa shape index (κ3) is 3.28. The first kappa shape index (κ1) is 20.9. The minimum absolute atomic E-state index is 0.0602. The Morgan fingerprint density at radius 3 is 2.59 bits per heavy atom. The van der Waals surface area contributed by atoms with Crippen molar-refractivity contribution in [3.63, 3.8) is 0 Å². The standard InChI is InChI=1S/C26H25N3O5/c30-21-9-8-20(22(31)27-21)29-11-17-7-6-16(10-19(17)23(29)32)12-34-24(33)28-26-13-25(14-26,15-26)18-4-2-1-3-5-18/h1-7,10,20H,8-9,11-15H2,(H,28,33)(H,27,30,31). The van der Waals surface area contributed by atoms with Crippen LogP contribution in [-0.2, 0) is 32.9 Å². The molecule has 2 bridgehead atoms. The average Bonchev–Trinajstić information content (AvgIpc) is 3.10. The number of fused-ring (bicyclic) bond motifs is 1. The minimum Gasteiger partial charge on any atom is -0.445 e. The van der Waals surface area contributed by atoms with Crippen molar-refractivity contribution in [1.82, 2.24) is 15.5 Å². The maximum absolute atomic E-state index is 12.9. The Bertz CT molecular complexity index is 1200. The monoisotopic (exact) mass is 459 g/mol. The number of alkyl carbamates (subject to hydrolysis) is 1. The molecule has 1 unspecified atom stereocenters. The highest BCUT2D eigenvalue weighted by atomic mass is 16.5. The molecule has 1 atom stereocenters. The molecule has 2 aliphatic heterocycles. The number of piperidine rings is 1. The fourth-order valence-electron chi connectivity index (χ4n) is 6.11. The van der Waals surface area contributed by atoms with Gasteiger partial charge in [0.15, 0.2) is 0 Å². The van der Waals surface area contributed by atoms with E-state index in [1.807, 2.05) is 18.2 Å². The van der Waals surface area contributed by atoms with Crippen molar-refractivity contribution >= 4 is 23.8 Å². The molecule has 4 amide bonds. The van der Waals surface area contributed by atoms with E-state index >= 15 is 0 Å². The normalized spacial score (nSPS) is 29.0. The van der Waals surface area contributed by atoms with Gasteiger partial charge in [0.25, 0.3) is 5.91 Å². The molecule has 8 nitrogen and oxygen atoms in total. The number of ether oxygens (including phenoxy) is 1. The number of hydrogen-bond donors (Lipinski definition) is 2. The Morgan fingerprint density at radius 1 is 1.09 bits per heavy atom. The molecule has 8 heteroatoms. The van der Waals surface area contributed by atoms with Crippen LogP contribution in [-0.4, -0.2) is 40.3 Å². The van der Waals surface area contributed by atoms with E-state index in [0.29, 0.717) is 24.1 Å². The first-order chi connectivity index (χ1) is 16.4. The van der Waals surface area contributed by atoms with Crippen molar-refractivity contribution in [3.8, 4) is 0 Å². The molecule has 2 aromatic rings. The molecule has 7 rings (SSSR count). The number of nitrogens with one attached hydrogen (secondary N) is 2. The largest absolute Gasteiger partial charge is 0.445 e. The third-order valence-corrected chi connectivity index (χ3v) is 7.75. The Hall–Kier alpha value is -3.68. The average molecular weight is 460 g/mol. The number of nitrogens with zero attached hydrogens (tertiary/aromatic N) is 1. The molecular weight excluding hydrogens is 434 g/mol. The van der Waals surface area contributed by atoms with Gasteiger partial charge in [-0.2, -0.15) is 0 Å². The molecular formula is C26H25N3O5. The molecule has 3 saturated carbocycles. The predicted octanol–water partition coefficient (Wildman–Crippen LogP) is 2.55. The molecule has 0 spiro atoms. The summed E-state index contributed by atoms with van der Waals surface area (Å²) in [5.41, 5.74) is 3.41. The highest BCUT2D eigenvalue weighted by Crippen LogP contribution is 2.67. The van der Waals surface area contributed by atoms with Crippen LogP contribution in [0.2, 0.25) is 0 Å². The SMILES string of the molecule is O=C1CCC(N2Cc3ccc(COC(=O)NC45CC(c6ccccc6)(C4)C5)cc3C2=O)C(=O)N1. The Balaban J connectivity index is 1.04. The fourth-order valence-corrected chi connectivity index (χ4v) is 6.11. The summed E-state index contributed by atoms with van der Waals surface area (Å²) in [5, 5.41) is 5.34. The molecule has 2 N–H and O–H groups in total. The number of imide groups is 1. The second kappa shape index (κ2) is 7.41. The van der Waals surface area contributed by atoms with E-state index in [-0.39, 0.29) is 35.8 Å². The van der Waals surface area contributed by atoms with E-state index in [2.05, 4.69) is 34.9 Å². The van der Waals surface area contributed by atoms with E-state index in [1.54, 1.807) is 6.07 Å². The van der Waals surface area contributed by atoms with Crippen LogP contribution in [0.1, 0.15) is 59.2 Å². The second-order valence-corrected chi connectivity index (χ2v) is 10.0. The summed E-state index contributed by atoms with van der Waals surface area (Å²) in [7, 11) is 0. The Labute approximate surface area is 196 Å². The van der Waals surface area contributed by atoms with Crippen LogP contribution in [0.4, 0.5) is 4.79 Å². The zero-order chi connectivity index (χ0) is 23.5. The summed E-state index contributed by atoms with van der Waals surface area (Å²) in [4.78, 5) is 50.5. The van der Waals surface area contributed by atoms with Gasteiger partial charge in [0.1, 0.15) is 12.6 Å². The third-order valence-electron chi connectivity index (χ3n) is 7.75. The van der Waals surface area contributed by atoms with Crippen LogP contribution in [0.3, 0.4) is 0 Å². The van der Waals surface area contributed by atoms with Crippen molar-refractivity contribution in [2.45, 2.75) is 62.3 Å². The summed E-state index contributed by atoms with van der Waals surface area (Å²) >= 11 is 0. The van der Waals surface area contributed by atoms with Crippen molar-refractivity contribution < 1.29 is 23.9 Å². The van der Waals surface area contributed by atoms with Gasteiger partial charge in [-0.1, -0.05) is 42.5 Å². The maximum Gasteiger partial charge on any atom is 0.407 e. The lowest BCUT2D eigenvalue weighted by Gasteiger charge is -2.70. The molecule has 5 aliphatic rings. The predicted molar refractivity (Wildman–Crippen MR) is 121 cm³/mol. The van der Waals surface area contributed by atoms with Gasteiger partial charge >= 0.3 is 6.09 Å². The number of rotatable bonds is 5. The van der Waals surface area contributed by atoms with E-state index in [4.69, 9.17) is 4.74 Å². The maximum atomic E-state index is 12.9. The first-order valence-corrected chi connectivity index (χ1v) is 11.6. The smallest absolute Gasteiger partial charge is 0.407 e. The van der Waals surface area contributed by atoms with Gasteiger partial charge in [0.05, 0.1) is 0 Å². The number of carbonyl (C=O) groups is 4. The van der Waals surface area contributed by atoms with E-state index < -0.39 is 18.0 Å². The van der Waals surface area contributed by atoms with Gasteiger partial charge in [0, 0.05) is 29.5 Å². The van der Waals surface area contributed by atoms with Crippen LogP contribution in [0, 0.1) is 0 Å². The van der Waals surface area contributed by atoms with Crippen LogP contribution in [0.5, 0.6) is 0 Å². The van der Waals surface area contributed by atoms with Gasteiger partial charge in [-0.15, -0.1) is 0 Å². The zero-order valence-corrected chi connectivity index (χ0v) is 18.6. The summed E-state index contributed by atoms with van der Waals surface area (Å²) in [6, 6.07) is 15.2. The van der Waals surface area contributed by atoms with Gasteiger partial charge in [0.2, 0.25) is 11.8 Å². The molecule has 3 aliphatic carbocycles. The van der Waals surface area contributed by atoms with E-state index in [1.165, 1.54) is 10.5 Å². The van der Waals surface area contributed by atoms with Gasteiger partial charge in [-0.05, 0) is 48.4 Å². The summed E-state index contributed by atoms with van der Waals surface area (Å²) < 4.78 is 5.45. The number of amides is 4. The van der Waals surface area contributed by atoms with Crippen molar-refractivity contribution in [2.75, 3.05) is 0 Å². The molecule has 4 fully saturated rings. The Morgan fingerprint density at radius 2 is 1.85 bits per heavy atom. The number of hydrogen-bond acceptors (Lipinski definition) is 5. The zero-order valence-electron chi connectivity index (χ0n) is 18.6. The summed E-state index contributed by atoms with van der Waals surface area (Å²) in [5.74, 6) is -0.978. The first-order valence-electron chi connectivity index (χ1n) is 11.6. The number of benzene rings is 2. The second-order valence-electron chi connectivity index (χ2n) is 10.0. The van der Waals surface area contributed by atoms with E-state index in [9.17, 15) is 19.2 Å². The van der Waals surface area contributed by atoms with E-state index in [0.717, 1.165) is 24.8 Å².